The summed E-state index contributed by atoms with van der Waals surface area (Å²) in [7, 11) is 0. The fourth-order valence-electron chi connectivity index (χ4n) is 0. The van der Waals surface area contributed by atoms with E-state index in [2.05, 4.69) is 6.58 Å². The minimum absolute atomic E-state index is 0.382. The summed E-state index contributed by atoms with van der Waals surface area (Å²) in [6.07, 6.45) is 0.382. The molecule has 0 bridgehead atoms. The molecule has 0 aliphatic heterocycles. The molecule has 0 heterocycles. The summed E-state index contributed by atoms with van der Waals surface area (Å²) in [5.41, 5.74) is 0. The van der Waals surface area contributed by atoms with Gasteiger partial charge in [0.05, 0.1) is 0 Å². The van der Waals surface area contributed by atoms with Crippen LogP contribution in [0.2, 0.25) is 0 Å². The molecule has 0 saturated heterocycles. The van der Waals surface area contributed by atoms with Crippen molar-refractivity contribution in [1.82, 2.24) is 0 Å². The van der Waals surface area contributed by atoms with Gasteiger partial charge in [0.15, 0.2) is 0 Å². The average Bonchev–Trinajstić information content (AvgIpc) is 1.35. The third-order valence-corrected chi connectivity index (χ3v) is 0.260. The Morgan fingerprint density at radius 1 is 1.67 bits per heavy atom. The first-order valence-corrected chi connectivity index (χ1v) is 1.33. The van der Waals surface area contributed by atoms with Crippen LogP contribution in [0.4, 0.5) is 4.39 Å². The molecule has 0 amide bonds. The first kappa shape index (κ1) is 5.59. The van der Waals surface area contributed by atoms with Gasteiger partial charge in [0, 0.05) is 6.08 Å². The summed E-state index contributed by atoms with van der Waals surface area (Å²) in [5, 5.41) is 15.2. The first-order chi connectivity index (χ1) is 2.56. The van der Waals surface area contributed by atoms with Crippen LogP contribution in [0.5, 0.6) is 0 Å². The van der Waals surface area contributed by atoms with Crippen LogP contribution in [0.3, 0.4) is 0 Å². The van der Waals surface area contributed by atoms with E-state index in [9.17, 15) is 4.39 Å². The van der Waals surface area contributed by atoms with Crippen LogP contribution in [0, 0.1) is 0 Å². The fraction of sp³-hybridized carbons (Fsp3) is 0.333. The van der Waals surface area contributed by atoms with Gasteiger partial charge in [0.2, 0.25) is 0 Å². The monoisotopic (exact) mass is 92.0 g/mol. The Labute approximate surface area is 34.5 Å². The van der Waals surface area contributed by atoms with Gasteiger partial charge in [-0.3, -0.25) is 0 Å². The lowest BCUT2D eigenvalue weighted by Crippen LogP contribution is -2.15. The largest absolute Gasteiger partial charge is 0.337 e. The van der Waals surface area contributed by atoms with Crippen LogP contribution in [0.1, 0.15) is 0 Å². The Bertz CT molecular complexity index is 54.3. The maximum Gasteiger partial charge on any atom is 0.336 e. The lowest BCUT2D eigenvalue weighted by atomic mass is 10.6. The zero-order chi connectivity index (χ0) is 5.21. The van der Waals surface area contributed by atoms with E-state index in [0.29, 0.717) is 6.08 Å². The molecule has 0 rings (SSSR count). The molecule has 0 saturated carbocycles. The van der Waals surface area contributed by atoms with Gasteiger partial charge in [0.1, 0.15) is 0 Å². The van der Waals surface area contributed by atoms with Gasteiger partial charge in [-0.15, -0.1) is 0 Å². The van der Waals surface area contributed by atoms with Gasteiger partial charge in [-0.05, 0) is 0 Å². The van der Waals surface area contributed by atoms with E-state index in [1.807, 2.05) is 0 Å². The fourth-order valence-corrected chi connectivity index (χ4v) is 0. The number of aliphatic hydroxyl groups is 2. The second kappa shape index (κ2) is 1.36. The lowest BCUT2D eigenvalue weighted by molar-refractivity contribution is -0.217. The Morgan fingerprint density at radius 2 is 1.83 bits per heavy atom. The smallest absolute Gasteiger partial charge is 0.336 e. The predicted molar refractivity (Wildman–Crippen MR) is 18.5 cm³/mol. The van der Waals surface area contributed by atoms with Crippen LogP contribution in [0.25, 0.3) is 0 Å². The highest BCUT2D eigenvalue weighted by Gasteiger charge is 2.12. The molecule has 0 aromatic carbocycles. The minimum atomic E-state index is -3.19. The molecule has 0 aromatic rings. The van der Waals surface area contributed by atoms with Crippen molar-refractivity contribution in [2.75, 3.05) is 0 Å². The molecule has 2 nitrogen and oxygen atoms in total. The van der Waals surface area contributed by atoms with Gasteiger partial charge >= 0.3 is 6.04 Å². The molecule has 0 radical (unpaired) electrons. The lowest BCUT2D eigenvalue weighted by Gasteiger charge is -1.99. The summed E-state index contributed by atoms with van der Waals surface area (Å²) in [6.45, 7) is 2.76. The first-order valence-electron chi connectivity index (χ1n) is 1.33. The van der Waals surface area contributed by atoms with E-state index in [0.717, 1.165) is 0 Å². The van der Waals surface area contributed by atoms with Crippen molar-refractivity contribution >= 4 is 0 Å². The third kappa shape index (κ3) is 3.59. The number of halogens is 1. The van der Waals surface area contributed by atoms with Crippen molar-refractivity contribution in [1.29, 1.82) is 0 Å². The highest BCUT2D eigenvalue weighted by Crippen LogP contribution is 1.97. The van der Waals surface area contributed by atoms with E-state index in [4.69, 9.17) is 10.2 Å². The zero-order valence-electron chi connectivity index (χ0n) is 3.06. The maximum atomic E-state index is 11.1. The summed E-state index contributed by atoms with van der Waals surface area (Å²) in [4.78, 5) is 0. The third-order valence-electron chi connectivity index (χ3n) is 0.260. The van der Waals surface area contributed by atoms with Gasteiger partial charge in [-0.25, -0.2) is 0 Å². The minimum Gasteiger partial charge on any atom is -0.337 e. The van der Waals surface area contributed by atoms with E-state index >= 15 is 0 Å². The van der Waals surface area contributed by atoms with E-state index in [1.165, 1.54) is 0 Å². The molecule has 0 unspecified atom stereocenters. The van der Waals surface area contributed by atoms with Crippen LogP contribution < -0.4 is 0 Å². The second-order valence-corrected chi connectivity index (χ2v) is 0.840. The Morgan fingerprint density at radius 3 is 1.83 bits per heavy atom. The van der Waals surface area contributed by atoms with Crippen LogP contribution in [-0.2, 0) is 0 Å². The summed E-state index contributed by atoms with van der Waals surface area (Å²) >= 11 is 0. The second-order valence-electron chi connectivity index (χ2n) is 0.840. The normalized spacial score (nSPS) is 11.2. The molecule has 0 aliphatic carbocycles. The Kier molecular flexibility index (Phi) is 1.27. The molecule has 0 spiro atoms. The van der Waals surface area contributed by atoms with Crippen molar-refractivity contribution in [3.8, 4) is 0 Å². The number of rotatable bonds is 1. The summed E-state index contributed by atoms with van der Waals surface area (Å²) < 4.78 is 11.1. The molecule has 3 heteroatoms. The van der Waals surface area contributed by atoms with Gasteiger partial charge in [0.25, 0.3) is 0 Å². The molecule has 0 fully saturated rings. The summed E-state index contributed by atoms with van der Waals surface area (Å²) in [5.74, 6) is 0. The number of hydrogen-bond acceptors (Lipinski definition) is 2. The molecule has 2 N–H and O–H groups in total. The standard InChI is InChI=1S/C3H5FO2/c1-2-3(4,5)6/h2,5-6H,1H2. The predicted octanol–water partition coefficient (Wildman–Crippen LogP) is -0.220. The number of hydrogen-bond donors (Lipinski definition) is 2. The van der Waals surface area contributed by atoms with Crippen molar-refractivity contribution < 1.29 is 14.6 Å². The average molecular weight is 92.1 g/mol. The molecular weight excluding hydrogens is 87.0 g/mol. The molecule has 0 atom stereocenters. The van der Waals surface area contributed by atoms with Gasteiger partial charge in [-0.2, -0.15) is 4.39 Å². The summed E-state index contributed by atoms with van der Waals surface area (Å²) in [6, 6.07) is -3.19. The number of alkyl halides is 1. The molecule has 6 heavy (non-hydrogen) atoms. The van der Waals surface area contributed by atoms with Crippen molar-refractivity contribution in [2.45, 2.75) is 6.04 Å². The maximum absolute atomic E-state index is 11.1. The molecule has 36 valence electrons. The van der Waals surface area contributed by atoms with Gasteiger partial charge in [-0.1, -0.05) is 6.58 Å². The van der Waals surface area contributed by atoms with Gasteiger partial charge < -0.3 is 10.2 Å². The van der Waals surface area contributed by atoms with Crippen LogP contribution >= 0.6 is 0 Å². The van der Waals surface area contributed by atoms with Crippen LogP contribution in [0.15, 0.2) is 12.7 Å². The van der Waals surface area contributed by atoms with E-state index < -0.39 is 6.04 Å². The Hall–Kier alpha value is -0.410. The highest BCUT2D eigenvalue weighted by molar-refractivity contribution is 4.74. The molecule has 0 aromatic heterocycles. The highest BCUT2D eigenvalue weighted by atomic mass is 19.2. The van der Waals surface area contributed by atoms with E-state index in [1.54, 1.807) is 0 Å². The zero-order valence-corrected chi connectivity index (χ0v) is 3.06. The van der Waals surface area contributed by atoms with Crippen LogP contribution in [-0.4, -0.2) is 16.3 Å². The topological polar surface area (TPSA) is 40.5 Å². The molecular formula is C3H5FO2. The van der Waals surface area contributed by atoms with Crippen molar-refractivity contribution in [3.63, 3.8) is 0 Å². The van der Waals surface area contributed by atoms with Crippen molar-refractivity contribution in [2.24, 2.45) is 0 Å². The van der Waals surface area contributed by atoms with E-state index in [-0.39, 0.29) is 0 Å². The molecule has 0 aliphatic rings. The SMILES string of the molecule is C=CC(O)(O)F. The Balaban J connectivity index is 3.45. The van der Waals surface area contributed by atoms with Crippen molar-refractivity contribution in [3.05, 3.63) is 12.7 Å². The quantitative estimate of drug-likeness (QED) is 0.347.